The summed E-state index contributed by atoms with van der Waals surface area (Å²) in [5, 5.41) is 7.21. The Balaban J connectivity index is 2.66. The van der Waals surface area contributed by atoms with Gasteiger partial charge in [0.2, 0.25) is 5.91 Å². The number of halogens is 1. The number of amides is 1. The molecule has 1 N–H and O–H groups in total. The largest absolute Gasteiger partial charge is 0.352 e. The summed E-state index contributed by atoms with van der Waals surface area (Å²) in [5.74, 6) is 0.00690. The molecule has 0 saturated carbocycles. The fraction of sp³-hybridized carbons (Fsp3) is 0.636. The van der Waals surface area contributed by atoms with E-state index in [1.165, 1.54) is 0 Å². The van der Waals surface area contributed by atoms with Gasteiger partial charge in [0.15, 0.2) is 0 Å². The minimum Gasteiger partial charge on any atom is -0.352 e. The summed E-state index contributed by atoms with van der Waals surface area (Å²) in [6, 6.07) is 0.216. The monoisotopic (exact) mass is 287 g/mol. The van der Waals surface area contributed by atoms with Crippen LogP contribution >= 0.6 is 15.9 Å². The maximum absolute atomic E-state index is 11.7. The lowest BCUT2D eigenvalue weighted by molar-refractivity contribution is -0.122. The standard InChI is InChI=1S/C11H18BrN3O/c1-5-7(2)13-10(16)6-15-9(4)11(12)8(3)14-15/h7H,5-6H2,1-4H3,(H,13,16)/t7-/m0/s1. The number of rotatable bonds is 4. The highest BCUT2D eigenvalue weighted by atomic mass is 79.9. The van der Waals surface area contributed by atoms with Crippen molar-refractivity contribution in [3.8, 4) is 0 Å². The Kier molecular flexibility index (Phi) is 4.53. The lowest BCUT2D eigenvalue weighted by atomic mass is 10.2. The van der Waals surface area contributed by atoms with Gasteiger partial charge in [-0.2, -0.15) is 5.10 Å². The van der Waals surface area contributed by atoms with Crippen LogP contribution in [-0.2, 0) is 11.3 Å². The van der Waals surface area contributed by atoms with Crippen molar-refractivity contribution in [2.24, 2.45) is 0 Å². The predicted molar refractivity (Wildman–Crippen MR) is 67.3 cm³/mol. The van der Waals surface area contributed by atoms with Crippen LogP contribution in [0.4, 0.5) is 0 Å². The van der Waals surface area contributed by atoms with E-state index in [0.29, 0.717) is 0 Å². The zero-order valence-corrected chi connectivity index (χ0v) is 11.8. The van der Waals surface area contributed by atoms with Crippen LogP contribution < -0.4 is 5.32 Å². The van der Waals surface area contributed by atoms with E-state index in [9.17, 15) is 4.79 Å². The first-order valence-electron chi connectivity index (χ1n) is 5.44. The average Bonchev–Trinajstić information content (AvgIpc) is 2.46. The first-order chi connectivity index (χ1) is 7.45. The highest BCUT2D eigenvalue weighted by molar-refractivity contribution is 9.10. The van der Waals surface area contributed by atoms with E-state index < -0.39 is 0 Å². The van der Waals surface area contributed by atoms with Crippen LogP contribution in [0.25, 0.3) is 0 Å². The molecule has 1 rings (SSSR count). The van der Waals surface area contributed by atoms with Gasteiger partial charge in [-0.25, -0.2) is 0 Å². The number of hydrogen-bond acceptors (Lipinski definition) is 2. The van der Waals surface area contributed by atoms with Gasteiger partial charge in [-0.15, -0.1) is 0 Å². The van der Waals surface area contributed by atoms with Gasteiger partial charge in [0, 0.05) is 6.04 Å². The number of carbonyl (C=O) groups is 1. The van der Waals surface area contributed by atoms with Gasteiger partial charge < -0.3 is 5.32 Å². The summed E-state index contributed by atoms with van der Waals surface area (Å²) in [7, 11) is 0. The average molecular weight is 288 g/mol. The Morgan fingerprint density at radius 3 is 2.62 bits per heavy atom. The summed E-state index contributed by atoms with van der Waals surface area (Å²) < 4.78 is 2.70. The van der Waals surface area contributed by atoms with E-state index in [1.807, 2.05) is 27.7 Å². The topological polar surface area (TPSA) is 46.9 Å². The van der Waals surface area contributed by atoms with Crippen molar-refractivity contribution in [2.75, 3.05) is 0 Å². The molecule has 1 atom stereocenters. The summed E-state index contributed by atoms with van der Waals surface area (Å²) >= 11 is 3.44. The van der Waals surface area contributed by atoms with Crippen LogP contribution in [-0.4, -0.2) is 21.7 Å². The third kappa shape index (κ3) is 3.07. The summed E-state index contributed by atoms with van der Waals surface area (Å²) in [6.45, 7) is 8.18. The molecule has 0 radical (unpaired) electrons. The van der Waals surface area contributed by atoms with Gasteiger partial charge in [0.05, 0.1) is 15.9 Å². The van der Waals surface area contributed by atoms with Crippen LogP contribution in [0.15, 0.2) is 4.47 Å². The molecule has 0 aromatic carbocycles. The quantitative estimate of drug-likeness (QED) is 0.923. The molecule has 0 aliphatic rings. The minimum absolute atomic E-state index is 0.00690. The molecule has 0 aliphatic heterocycles. The van der Waals surface area contributed by atoms with Crippen molar-refractivity contribution in [3.05, 3.63) is 15.9 Å². The molecule has 0 bridgehead atoms. The molecule has 1 amide bonds. The second kappa shape index (κ2) is 5.48. The lowest BCUT2D eigenvalue weighted by Gasteiger charge is -2.11. The van der Waals surface area contributed by atoms with Crippen LogP contribution in [0.2, 0.25) is 0 Å². The van der Waals surface area contributed by atoms with Gasteiger partial charge in [0.1, 0.15) is 6.54 Å². The van der Waals surface area contributed by atoms with Crippen LogP contribution in [0.3, 0.4) is 0 Å². The number of nitrogens with one attached hydrogen (secondary N) is 1. The van der Waals surface area contributed by atoms with Gasteiger partial charge in [-0.3, -0.25) is 9.48 Å². The molecule has 0 fully saturated rings. The van der Waals surface area contributed by atoms with E-state index >= 15 is 0 Å². The maximum Gasteiger partial charge on any atom is 0.241 e. The molecular formula is C11H18BrN3O. The number of aromatic nitrogens is 2. The Morgan fingerprint density at radius 1 is 1.56 bits per heavy atom. The first-order valence-corrected chi connectivity index (χ1v) is 6.23. The Morgan fingerprint density at radius 2 is 2.19 bits per heavy atom. The zero-order valence-electron chi connectivity index (χ0n) is 10.2. The number of aryl methyl sites for hydroxylation is 1. The van der Waals surface area contributed by atoms with Gasteiger partial charge in [-0.1, -0.05) is 6.92 Å². The van der Waals surface area contributed by atoms with Crippen molar-refractivity contribution in [3.63, 3.8) is 0 Å². The molecule has 90 valence electrons. The van der Waals surface area contributed by atoms with Crippen molar-refractivity contribution in [1.82, 2.24) is 15.1 Å². The van der Waals surface area contributed by atoms with E-state index in [-0.39, 0.29) is 18.5 Å². The molecule has 16 heavy (non-hydrogen) atoms. The highest BCUT2D eigenvalue weighted by Crippen LogP contribution is 2.19. The Hall–Kier alpha value is -0.840. The fourth-order valence-corrected chi connectivity index (χ4v) is 1.67. The summed E-state index contributed by atoms with van der Waals surface area (Å²) in [5.41, 5.74) is 1.89. The normalized spacial score (nSPS) is 12.6. The van der Waals surface area contributed by atoms with Crippen LogP contribution in [0.1, 0.15) is 31.7 Å². The molecule has 1 heterocycles. The second-order valence-electron chi connectivity index (χ2n) is 4.02. The smallest absolute Gasteiger partial charge is 0.241 e. The predicted octanol–water partition coefficient (Wildman–Crippen LogP) is 2.18. The van der Waals surface area contributed by atoms with Crippen molar-refractivity contribution >= 4 is 21.8 Å². The molecule has 4 nitrogen and oxygen atoms in total. The lowest BCUT2D eigenvalue weighted by Crippen LogP contribution is -2.35. The van der Waals surface area contributed by atoms with Crippen molar-refractivity contribution < 1.29 is 4.79 Å². The maximum atomic E-state index is 11.7. The molecule has 0 aliphatic carbocycles. The van der Waals surface area contributed by atoms with E-state index in [0.717, 1.165) is 22.3 Å². The Labute approximate surface area is 105 Å². The molecule has 0 spiro atoms. The number of nitrogens with zero attached hydrogens (tertiary/aromatic N) is 2. The van der Waals surface area contributed by atoms with Gasteiger partial charge in [-0.05, 0) is 43.1 Å². The van der Waals surface area contributed by atoms with E-state index in [1.54, 1.807) is 4.68 Å². The molecule has 0 unspecified atom stereocenters. The molecule has 5 heteroatoms. The third-order valence-electron chi connectivity index (χ3n) is 2.61. The van der Waals surface area contributed by atoms with Crippen molar-refractivity contribution in [1.29, 1.82) is 0 Å². The minimum atomic E-state index is 0.00690. The van der Waals surface area contributed by atoms with Crippen LogP contribution in [0, 0.1) is 13.8 Å². The highest BCUT2D eigenvalue weighted by Gasteiger charge is 2.12. The Bertz CT molecular complexity index is 387. The fourth-order valence-electron chi connectivity index (χ4n) is 1.39. The number of hydrogen-bond donors (Lipinski definition) is 1. The van der Waals surface area contributed by atoms with Crippen molar-refractivity contribution in [2.45, 2.75) is 46.7 Å². The second-order valence-corrected chi connectivity index (χ2v) is 4.81. The summed E-state index contributed by atoms with van der Waals surface area (Å²) in [4.78, 5) is 11.7. The zero-order chi connectivity index (χ0) is 12.3. The summed E-state index contributed by atoms with van der Waals surface area (Å²) in [6.07, 6.45) is 0.937. The van der Waals surface area contributed by atoms with E-state index in [2.05, 4.69) is 26.3 Å². The SMILES string of the molecule is CC[C@H](C)NC(=O)Cn1nc(C)c(Br)c1C. The van der Waals surface area contributed by atoms with Gasteiger partial charge in [0.25, 0.3) is 0 Å². The van der Waals surface area contributed by atoms with Gasteiger partial charge >= 0.3 is 0 Å². The molecule has 1 aromatic rings. The molecular weight excluding hydrogens is 270 g/mol. The number of carbonyl (C=O) groups excluding carboxylic acids is 1. The first kappa shape index (κ1) is 13.2. The molecule has 1 aromatic heterocycles. The van der Waals surface area contributed by atoms with E-state index in [4.69, 9.17) is 0 Å². The van der Waals surface area contributed by atoms with Crippen LogP contribution in [0.5, 0.6) is 0 Å². The molecule has 0 saturated heterocycles. The third-order valence-corrected chi connectivity index (χ3v) is 3.75.